The lowest BCUT2D eigenvalue weighted by Gasteiger charge is -2.22. The van der Waals surface area contributed by atoms with Gasteiger partial charge < -0.3 is 4.90 Å². The van der Waals surface area contributed by atoms with Crippen molar-refractivity contribution in [2.24, 2.45) is 0 Å². The second-order valence-electron chi connectivity index (χ2n) is 5.42. The van der Waals surface area contributed by atoms with E-state index in [0.717, 1.165) is 0 Å². The Morgan fingerprint density at radius 1 is 1.09 bits per heavy atom. The van der Waals surface area contributed by atoms with Crippen LogP contribution < -0.4 is 4.90 Å². The van der Waals surface area contributed by atoms with Gasteiger partial charge in [0.15, 0.2) is 11.6 Å². The van der Waals surface area contributed by atoms with E-state index >= 15 is 0 Å². The number of halogens is 1. The van der Waals surface area contributed by atoms with E-state index < -0.39 is 6.04 Å². The highest BCUT2D eigenvalue weighted by Crippen LogP contribution is 2.34. The van der Waals surface area contributed by atoms with Crippen molar-refractivity contribution in [2.75, 3.05) is 4.90 Å². The summed E-state index contributed by atoms with van der Waals surface area (Å²) in [5.41, 5.74) is 1.53. The molecular formula is C18H14ClNO3. The molecule has 1 amide bonds. The number of fused-ring (bicyclic) bond motifs is 1. The van der Waals surface area contributed by atoms with E-state index in [2.05, 4.69) is 0 Å². The summed E-state index contributed by atoms with van der Waals surface area (Å²) in [4.78, 5) is 38.4. The minimum Gasteiger partial charge on any atom is -0.301 e. The highest BCUT2D eigenvalue weighted by Gasteiger charge is 2.40. The van der Waals surface area contributed by atoms with Crippen molar-refractivity contribution < 1.29 is 14.4 Å². The summed E-state index contributed by atoms with van der Waals surface area (Å²) in [7, 11) is 0. The Kier molecular flexibility index (Phi) is 4.01. The number of hydrogen-bond acceptors (Lipinski definition) is 3. The molecule has 0 saturated heterocycles. The highest BCUT2D eigenvalue weighted by molar-refractivity contribution is 6.30. The standard InChI is InChI=1S/C18H14ClNO3/c1-11(21)20-15-5-3-2-4-14(15)18(23)16(20)10-17(22)12-6-8-13(19)9-7-12/h2-9,16H,10H2,1H3. The summed E-state index contributed by atoms with van der Waals surface area (Å²) >= 11 is 5.82. The molecule has 23 heavy (non-hydrogen) atoms. The molecule has 2 aromatic carbocycles. The largest absolute Gasteiger partial charge is 0.301 e. The lowest BCUT2D eigenvalue weighted by Crippen LogP contribution is -2.40. The molecule has 4 nitrogen and oxygen atoms in total. The molecule has 1 unspecified atom stereocenters. The maximum atomic E-state index is 12.6. The monoisotopic (exact) mass is 327 g/mol. The molecule has 0 N–H and O–H groups in total. The van der Waals surface area contributed by atoms with Crippen LogP contribution in [0.15, 0.2) is 48.5 Å². The van der Waals surface area contributed by atoms with Gasteiger partial charge in [-0.05, 0) is 36.4 Å². The van der Waals surface area contributed by atoms with Gasteiger partial charge in [0.05, 0.1) is 5.69 Å². The first-order chi connectivity index (χ1) is 11.0. The average molecular weight is 328 g/mol. The summed E-state index contributed by atoms with van der Waals surface area (Å²) in [5.74, 6) is -0.644. The molecule has 1 aliphatic heterocycles. The summed E-state index contributed by atoms with van der Waals surface area (Å²) in [5, 5.41) is 0.538. The third-order valence-corrected chi connectivity index (χ3v) is 4.18. The molecule has 0 radical (unpaired) electrons. The van der Waals surface area contributed by atoms with E-state index in [0.29, 0.717) is 21.8 Å². The fraction of sp³-hybridized carbons (Fsp3) is 0.167. The number of rotatable bonds is 3. The number of amides is 1. The van der Waals surface area contributed by atoms with E-state index in [1.165, 1.54) is 11.8 Å². The Labute approximate surface area is 138 Å². The predicted octanol–water partition coefficient (Wildman–Crippen LogP) is 3.53. The molecule has 0 bridgehead atoms. The van der Waals surface area contributed by atoms with Crippen LogP contribution in [0.1, 0.15) is 34.1 Å². The second kappa shape index (κ2) is 5.97. The Hall–Kier alpha value is -2.46. The Bertz CT molecular complexity index is 798. The lowest BCUT2D eigenvalue weighted by molar-refractivity contribution is -0.116. The lowest BCUT2D eigenvalue weighted by atomic mass is 10.00. The number of ketones is 2. The third kappa shape index (κ3) is 2.78. The Morgan fingerprint density at radius 3 is 2.39 bits per heavy atom. The summed E-state index contributed by atoms with van der Waals surface area (Å²) in [6.45, 7) is 1.40. The van der Waals surface area contributed by atoms with Crippen LogP contribution in [0, 0.1) is 0 Å². The highest BCUT2D eigenvalue weighted by atomic mass is 35.5. The van der Waals surface area contributed by atoms with Gasteiger partial charge in [-0.3, -0.25) is 14.4 Å². The van der Waals surface area contributed by atoms with E-state index in [1.54, 1.807) is 48.5 Å². The third-order valence-electron chi connectivity index (χ3n) is 3.93. The zero-order valence-electron chi connectivity index (χ0n) is 12.5. The maximum absolute atomic E-state index is 12.6. The van der Waals surface area contributed by atoms with Crippen molar-refractivity contribution in [3.05, 3.63) is 64.7 Å². The SMILES string of the molecule is CC(=O)N1c2ccccc2C(=O)C1CC(=O)c1ccc(Cl)cc1. The van der Waals surface area contributed by atoms with Gasteiger partial charge in [-0.2, -0.15) is 0 Å². The van der Waals surface area contributed by atoms with Gasteiger partial charge >= 0.3 is 0 Å². The van der Waals surface area contributed by atoms with E-state index in [9.17, 15) is 14.4 Å². The minimum absolute atomic E-state index is 0.0469. The smallest absolute Gasteiger partial charge is 0.224 e. The van der Waals surface area contributed by atoms with Gasteiger partial charge in [-0.25, -0.2) is 0 Å². The molecule has 3 rings (SSSR count). The zero-order valence-corrected chi connectivity index (χ0v) is 13.2. The number of para-hydroxylation sites is 1. The van der Waals surface area contributed by atoms with Crippen LogP contribution in [0.4, 0.5) is 5.69 Å². The number of carbonyl (C=O) groups is 3. The first-order valence-corrected chi connectivity index (χ1v) is 7.58. The van der Waals surface area contributed by atoms with Crippen LogP contribution >= 0.6 is 11.6 Å². The number of carbonyl (C=O) groups excluding carboxylic acids is 3. The molecule has 0 aliphatic carbocycles. The van der Waals surface area contributed by atoms with Crippen LogP contribution in [-0.2, 0) is 4.79 Å². The Balaban J connectivity index is 1.90. The zero-order chi connectivity index (χ0) is 16.6. The van der Waals surface area contributed by atoms with Crippen molar-refractivity contribution >= 4 is 34.8 Å². The molecule has 0 spiro atoms. The van der Waals surface area contributed by atoms with Gasteiger partial charge in [0.1, 0.15) is 6.04 Å². The van der Waals surface area contributed by atoms with E-state index in [1.807, 2.05) is 0 Å². The number of hydrogen-bond donors (Lipinski definition) is 0. The number of anilines is 1. The summed E-state index contributed by atoms with van der Waals surface area (Å²) < 4.78 is 0. The van der Waals surface area contributed by atoms with Crippen LogP contribution in [-0.4, -0.2) is 23.5 Å². The molecule has 1 atom stereocenters. The van der Waals surface area contributed by atoms with Gasteiger partial charge in [0, 0.05) is 29.5 Å². The first kappa shape index (κ1) is 15.4. The quantitative estimate of drug-likeness (QED) is 0.810. The van der Waals surface area contributed by atoms with Crippen LogP contribution in [0.25, 0.3) is 0 Å². The van der Waals surface area contributed by atoms with Crippen molar-refractivity contribution in [1.29, 1.82) is 0 Å². The van der Waals surface area contributed by atoms with Crippen LogP contribution in [0.2, 0.25) is 5.02 Å². The topological polar surface area (TPSA) is 54.5 Å². The predicted molar refractivity (Wildman–Crippen MR) is 88.1 cm³/mol. The molecule has 5 heteroatoms. The molecule has 1 aliphatic rings. The molecule has 0 fully saturated rings. The van der Waals surface area contributed by atoms with Crippen molar-refractivity contribution in [3.63, 3.8) is 0 Å². The molecule has 0 aromatic heterocycles. The average Bonchev–Trinajstić information content (AvgIpc) is 2.81. The maximum Gasteiger partial charge on any atom is 0.224 e. The van der Waals surface area contributed by atoms with Gasteiger partial charge in [0.2, 0.25) is 5.91 Å². The fourth-order valence-corrected chi connectivity index (χ4v) is 2.99. The van der Waals surface area contributed by atoms with Gasteiger partial charge in [-0.1, -0.05) is 23.7 Å². The van der Waals surface area contributed by atoms with Gasteiger partial charge in [-0.15, -0.1) is 0 Å². The minimum atomic E-state index is -0.784. The van der Waals surface area contributed by atoms with E-state index in [-0.39, 0.29) is 23.9 Å². The first-order valence-electron chi connectivity index (χ1n) is 7.21. The molecule has 0 saturated carbocycles. The van der Waals surface area contributed by atoms with Gasteiger partial charge in [0.25, 0.3) is 0 Å². The normalized spacial score (nSPS) is 16.3. The molecule has 1 heterocycles. The van der Waals surface area contributed by atoms with Crippen molar-refractivity contribution in [1.82, 2.24) is 0 Å². The van der Waals surface area contributed by atoms with Crippen LogP contribution in [0.3, 0.4) is 0 Å². The molecule has 116 valence electrons. The second-order valence-corrected chi connectivity index (χ2v) is 5.86. The molecule has 2 aromatic rings. The number of Topliss-reactive ketones (excluding diaryl/α,β-unsaturated/α-hetero) is 2. The molecular weight excluding hydrogens is 314 g/mol. The van der Waals surface area contributed by atoms with Crippen LogP contribution in [0.5, 0.6) is 0 Å². The summed E-state index contributed by atoms with van der Waals surface area (Å²) in [6.07, 6.45) is -0.0469. The Morgan fingerprint density at radius 2 is 1.74 bits per heavy atom. The van der Waals surface area contributed by atoms with Crippen molar-refractivity contribution in [3.8, 4) is 0 Å². The summed E-state index contributed by atoms with van der Waals surface area (Å²) in [6, 6.07) is 12.6. The number of benzene rings is 2. The van der Waals surface area contributed by atoms with Crippen molar-refractivity contribution in [2.45, 2.75) is 19.4 Å². The fourth-order valence-electron chi connectivity index (χ4n) is 2.86. The number of nitrogens with zero attached hydrogens (tertiary/aromatic N) is 1. The van der Waals surface area contributed by atoms with E-state index in [4.69, 9.17) is 11.6 Å².